The summed E-state index contributed by atoms with van der Waals surface area (Å²) in [4.78, 5) is 0. The number of rotatable bonds is 3. The van der Waals surface area contributed by atoms with E-state index in [0.29, 0.717) is 11.8 Å². The summed E-state index contributed by atoms with van der Waals surface area (Å²) < 4.78 is 0. The fourth-order valence-corrected chi connectivity index (χ4v) is 3.98. The van der Waals surface area contributed by atoms with Crippen LogP contribution in [0, 0.1) is 5.92 Å². The molecule has 1 aliphatic rings. The van der Waals surface area contributed by atoms with Crippen LogP contribution >= 0.6 is 23.2 Å². The van der Waals surface area contributed by atoms with E-state index in [1.54, 1.807) is 0 Å². The molecule has 1 fully saturated rings. The Hall–Kier alpha value is -1.02. The Morgan fingerprint density at radius 2 is 1.67 bits per heavy atom. The van der Waals surface area contributed by atoms with E-state index in [1.165, 1.54) is 5.56 Å². The molecule has 21 heavy (non-hydrogen) atoms. The minimum Gasteiger partial charge on any atom is -0.316 e. The summed E-state index contributed by atoms with van der Waals surface area (Å²) in [6.45, 7) is 2.04. The summed E-state index contributed by atoms with van der Waals surface area (Å²) in [6.07, 6.45) is 2.14. The van der Waals surface area contributed by atoms with Crippen molar-refractivity contribution in [2.75, 3.05) is 13.1 Å². The standard InChI is InChI=1S/C18H19Cl2N/c19-16-7-4-8-17(20)18(16)15-9-10-21-12-14(15)11-13-5-2-1-3-6-13/h1-8,14-15,21H,9-12H2. The lowest BCUT2D eigenvalue weighted by molar-refractivity contribution is 0.324. The van der Waals surface area contributed by atoms with Crippen LogP contribution in [0.5, 0.6) is 0 Å². The maximum Gasteiger partial charge on any atom is 0.0455 e. The first kappa shape index (κ1) is 14.9. The third kappa shape index (κ3) is 3.42. The van der Waals surface area contributed by atoms with Crippen molar-refractivity contribution in [3.63, 3.8) is 0 Å². The highest BCUT2D eigenvalue weighted by Crippen LogP contribution is 2.40. The van der Waals surface area contributed by atoms with Gasteiger partial charge in [-0.1, -0.05) is 59.6 Å². The SMILES string of the molecule is Clc1cccc(Cl)c1C1CCNCC1Cc1ccccc1. The number of hydrogen-bond acceptors (Lipinski definition) is 1. The molecule has 0 aliphatic carbocycles. The summed E-state index contributed by atoms with van der Waals surface area (Å²) in [5.74, 6) is 0.950. The fraction of sp³-hybridized carbons (Fsp3) is 0.333. The summed E-state index contributed by atoms with van der Waals surface area (Å²) in [5, 5.41) is 5.10. The lowest BCUT2D eigenvalue weighted by atomic mass is 9.78. The van der Waals surface area contributed by atoms with Crippen molar-refractivity contribution in [2.45, 2.75) is 18.8 Å². The maximum absolute atomic E-state index is 6.43. The Bertz CT molecular complexity index is 577. The molecule has 110 valence electrons. The topological polar surface area (TPSA) is 12.0 Å². The Morgan fingerprint density at radius 1 is 0.952 bits per heavy atom. The molecular formula is C18H19Cl2N. The van der Waals surface area contributed by atoms with Gasteiger partial charge in [0.05, 0.1) is 0 Å². The van der Waals surface area contributed by atoms with Crippen LogP contribution in [0.3, 0.4) is 0 Å². The Labute approximate surface area is 136 Å². The first-order chi connectivity index (χ1) is 10.3. The van der Waals surface area contributed by atoms with Crippen molar-refractivity contribution in [3.05, 3.63) is 69.7 Å². The van der Waals surface area contributed by atoms with E-state index in [4.69, 9.17) is 23.2 Å². The van der Waals surface area contributed by atoms with Gasteiger partial charge in [0.15, 0.2) is 0 Å². The van der Waals surface area contributed by atoms with Crippen molar-refractivity contribution in [1.29, 1.82) is 0 Å². The minimum atomic E-state index is 0.424. The van der Waals surface area contributed by atoms with E-state index in [0.717, 1.165) is 41.5 Å². The molecule has 2 atom stereocenters. The van der Waals surface area contributed by atoms with Crippen molar-refractivity contribution in [2.24, 2.45) is 5.92 Å². The van der Waals surface area contributed by atoms with E-state index in [-0.39, 0.29) is 0 Å². The van der Waals surface area contributed by atoms with Crippen LogP contribution in [0.4, 0.5) is 0 Å². The lowest BCUT2D eigenvalue weighted by Crippen LogP contribution is -2.36. The minimum absolute atomic E-state index is 0.424. The summed E-state index contributed by atoms with van der Waals surface area (Å²) in [7, 11) is 0. The number of nitrogens with one attached hydrogen (secondary N) is 1. The first-order valence-corrected chi connectivity index (χ1v) is 8.20. The molecule has 2 unspecified atom stereocenters. The predicted molar refractivity (Wildman–Crippen MR) is 90.3 cm³/mol. The predicted octanol–water partition coefficient (Wildman–Crippen LogP) is 4.93. The Kier molecular flexibility index (Phi) is 4.84. The van der Waals surface area contributed by atoms with Gasteiger partial charge < -0.3 is 5.32 Å². The summed E-state index contributed by atoms with van der Waals surface area (Å²) in [6, 6.07) is 16.5. The largest absolute Gasteiger partial charge is 0.316 e. The third-order valence-electron chi connectivity index (χ3n) is 4.32. The Balaban J connectivity index is 1.88. The second-order valence-corrected chi connectivity index (χ2v) is 6.50. The van der Waals surface area contributed by atoms with Gasteiger partial charge in [-0.25, -0.2) is 0 Å². The molecular weight excluding hydrogens is 301 g/mol. The third-order valence-corrected chi connectivity index (χ3v) is 4.98. The van der Waals surface area contributed by atoms with Gasteiger partial charge in [0.2, 0.25) is 0 Å². The van der Waals surface area contributed by atoms with Gasteiger partial charge in [-0.2, -0.15) is 0 Å². The van der Waals surface area contributed by atoms with Crippen molar-refractivity contribution in [3.8, 4) is 0 Å². The van der Waals surface area contributed by atoms with E-state index in [2.05, 4.69) is 35.6 Å². The van der Waals surface area contributed by atoms with E-state index < -0.39 is 0 Å². The molecule has 0 radical (unpaired) electrons. The van der Waals surface area contributed by atoms with Gasteiger partial charge in [-0.05, 0) is 61.0 Å². The highest BCUT2D eigenvalue weighted by Gasteiger charge is 2.29. The molecule has 1 heterocycles. The second-order valence-electron chi connectivity index (χ2n) is 5.68. The second kappa shape index (κ2) is 6.83. The summed E-state index contributed by atoms with van der Waals surface area (Å²) in [5.41, 5.74) is 2.50. The first-order valence-electron chi connectivity index (χ1n) is 7.44. The van der Waals surface area contributed by atoms with Gasteiger partial charge in [0.25, 0.3) is 0 Å². The Morgan fingerprint density at radius 3 is 2.38 bits per heavy atom. The average Bonchev–Trinajstić information content (AvgIpc) is 2.50. The molecule has 1 nitrogen and oxygen atoms in total. The number of hydrogen-bond donors (Lipinski definition) is 1. The summed E-state index contributed by atoms with van der Waals surface area (Å²) >= 11 is 12.9. The van der Waals surface area contributed by atoms with Crippen LogP contribution in [0.15, 0.2) is 48.5 Å². The molecule has 3 rings (SSSR count). The lowest BCUT2D eigenvalue weighted by Gasteiger charge is -2.33. The number of piperidine rings is 1. The van der Waals surface area contributed by atoms with Crippen LogP contribution in [0.2, 0.25) is 10.0 Å². The zero-order valence-corrected chi connectivity index (χ0v) is 13.4. The molecule has 0 aromatic heterocycles. The molecule has 0 amide bonds. The molecule has 0 spiro atoms. The zero-order chi connectivity index (χ0) is 14.7. The van der Waals surface area contributed by atoms with Crippen LogP contribution in [-0.4, -0.2) is 13.1 Å². The highest BCUT2D eigenvalue weighted by molar-refractivity contribution is 6.36. The molecule has 2 aromatic carbocycles. The van der Waals surface area contributed by atoms with Crippen LogP contribution < -0.4 is 5.32 Å². The van der Waals surface area contributed by atoms with E-state index >= 15 is 0 Å². The van der Waals surface area contributed by atoms with Crippen LogP contribution in [0.25, 0.3) is 0 Å². The van der Waals surface area contributed by atoms with Gasteiger partial charge >= 0.3 is 0 Å². The van der Waals surface area contributed by atoms with E-state index in [9.17, 15) is 0 Å². The quantitative estimate of drug-likeness (QED) is 0.845. The van der Waals surface area contributed by atoms with Gasteiger partial charge in [0, 0.05) is 10.0 Å². The number of halogens is 2. The maximum atomic E-state index is 6.43. The number of benzene rings is 2. The van der Waals surface area contributed by atoms with Crippen molar-refractivity contribution < 1.29 is 0 Å². The van der Waals surface area contributed by atoms with Gasteiger partial charge in [-0.3, -0.25) is 0 Å². The molecule has 1 aliphatic heterocycles. The highest BCUT2D eigenvalue weighted by atomic mass is 35.5. The molecule has 1 N–H and O–H groups in total. The molecule has 3 heteroatoms. The molecule has 1 saturated heterocycles. The monoisotopic (exact) mass is 319 g/mol. The molecule has 0 saturated carbocycles. The van der Waals surface area contributed by atoms with Gasteiger partial charge in [0.1, 0.15) is 0 Å². The molecule has 0 bridgehead atoms. The van der Waals surface area contributed by atoms with Crippen LogP contribution in [0.1, 0.15) is 23.5 Å². The van der Waals surface area contributed by atoms with Crippen LogP contribution in [-0.2, 0) is 6.42 Å². The average molecular weight is 320 g/mol. The van der Waals surface area contributed by atoms with Crippen molar-refractivity contribution in [1.82, 2.24) is 5.32 Å². The smallest absolute Gasteiger partial charge is 0.0455 e. The zero-order valence-electron chi connectivity index (χ0n) is 11.9. The molecule has 2 aromatic rings. The van der Waals surface area contributed by atoms with E-state index in [1.807, 2.05) is 18.2 Å². The fourth-order valence-electron chi connectivity index (χ4n) is 3.30. The van der Waals surface area contributed by atoms with Gasteiger partial charge in [-0.15, -0.1) is 0 Å². The normalized spacial score (nSPS) is 22.2. The van der Waals surface area contributed by atoms with Crippen molar-refractivity contribution >= 4 is 23.2 Å².